The number of hydrogen-bond acceptors (Lipinski definition) is 2. The van der Waals surface area contributed by atoms with Crippen molar-refractivity contribution < 1.29 is 9.21 Å². The van der Waals surface area contributed by atoms with E-state index in [4.69, 9.17) is 4.42 Å². The number of carbonyl (C=O) groups excluding carboxylic acids is 1. The molecule has 0 amide bonds. The van der Waals surface area contributed by atoms with Gasteiger partial charge in [0.05, 0.1) is 11.8 Å². The van der Waals surface area contributed by atoms with Crippen LogP contribution in [0.1, 0.15) is 27.2 Å². The monoisotopic (exact) mass is 214 g/mol. The third-order valence-corrected chi connectivity index (χ3v) is 2.77. The molecule has 0 fully saturated rings. The number of Topliss-reactive ketones (excluding diaryl/α,β-unsaturated/α-hetero) is 1. The number of hydrogen-bond donors (Lipinski definition) is 0. The van der Waals surface area contributed by atoms with E-state index in [1.54, 1.807) is 12.3 Å². The number of rotatable bonds is 3. The van der Waals surface area contributed by atoms with Crippen LogP contribution in [0.25, 0.3) is 0 Å². The minimum atomic E-state index is 0.112. The molecule has 0 radical (unpaired) electrons. The van der Waals surface area contributed by atoms with Crippen LogP contribution in [0.5, 0.6) is 0 Å². The molecule has 2 heteroatoms. The van der Waals surface area contributed by atoms with Crippen molar-refractivity contribution in [3.63, 3.8) is 0 Å². The van der Waals surface area contributed by atoms with Gasteiger partial charge in [0.1, 0.15) is 5.76 Å². The fraction of sp³-hybridized carbons (Fsp3) is 0.214. The molecular weight excluding hydrogens is 200 g/mol. The fourth-order valence-corrected chi connectivity index (χ4v) is 1.75. The zero-order chi connectivity index (χ0) is 11.5. The standard InChI is InChI=1S/C14H14O2/c1-10-5-3-4-6-12(10)9-14(15)13-7-8-16-11(13)2/h3-8H,9H2,1-2H3. The van der Waals surface area contributed by atoms with Crippen LogP contribution >= 0.6 is 0 Å². The van der Waals surface area contributed by atoms with Crippen LogP contribution in [-0.2, 0) is 6.42 Å². The van der Waals surface area contributed by atoms with E-state index >= 15 is 0 Å². The molecule has 0 N–H and O–H groups in total. The fourth-order valence-electron chi connectivity index (χ4n) is 1.75. The van der Waals surface area contributed by atoms with Crippen LogP contribution in [-0.4, -0.2) is 5.78 Å². The molecular formula is C14H14O2. The average Bonchev–Trinajstić information content (AvgIpc) is 2.68. The maximum absolute atomic E-state index is 12.0. The van der Waals surface area contributed by atoms with Gasteiger partial charge in [-0.3, -0.25) is 4.79 Å². The topological polar surface area (TPSA) is 30.2 Å². The van der Waals surface area contributed by atoms with Crippen molar-refractivity contribution in [3.05, 3.63) is 59.0 Å². The molecule has 1 aromatic carbocycles. The van der Waals surface area contributed by atoms with Gasteiger partial charge in [0.15, 0.2) is 5.78 Å². The van der Waals surface area contributed by atoms with Gasteiger partial charge in [0.25, 0.3) is 0 Å². The zero-order valence-electron chi connectivity index (χ0n) is 9.49. The van der Waals surface area contributed by atoms with Gasteiger partial charge in [-0.2, -0.15) is 0 Å². The Bertz CT molecular complexity index is 509. The first-order valence-corrected chi connectivity index (χ1v) is 5.30. The smallest absolute Gasteiger partial charge is 0.170 e. The number of carbonyl (C=O) groups is 1. The first kappa shape index (κ1) is 10.7. The Morgan fingerprint density at radius 3 is 2.56 bits per heavy atom. The Labute approximate surface area is 94.9 Å². The normalized spacial score (nSPS) is 10.4. The van der Waals surface area contributed by atoms with Gasteiger partial charge in [-0.1, -0.05) is 24.3 Å². The second-order valence-electron chi connectivity index (χ2n) is 3.92. The van der Waals surface area contributed by atoms with Crippen LogP contribution in [0.3, 0.4) is 0 Å². The van der Waals surface area contributed by atoms with Crippen molar-refractivity contribution in [1.29, 1.82) is 0 Å². The van der Waals surface area contributed by atoms with Gasteiger partial charge in [-0.15, -0.1) is 0 Å². The first-order valence-electron chi connectivity index (χ1n) is 5.30. The lowest BCUT2D eigenvalue weighted by Gasteiger charge is -2.03. The van der Waals surface area contributed by atoms with Gasteiger partial charge < -0.3 is 4.42 Å². The van der Waals surface area contributed by atoms with E-state index in [0.717, 1.165) is 11.1 Å². The van der Waals surface area contributed by atoms with Crippen molar-refractivity contribution >= 4 is 5.78 Å². The van der Waals surface area contributed by atoms with Gasteiger partial charge in [-0.05, 0) is 31.0 Å². The molecule has 0 aliphatic carbocycles. The molecule has 2 aromatic rings. The van der Waals surface area contributed by atoms with E-state index < -0.39 is 0 Å². The lowest BCUT2D eigenvalue weighted by Crippen LogP contribution is -2.04. The van der Waals surface area contributed by atoms with Crippen molar-refractivity contribution in [2.45, 2.75) is 20.3 Å². The van der Waals surface area contributed by atoms with Crippen molar-refractivity contribution in [1.82, 2.24) is 0 Å². The average molecular weight is 214 g/mol. The van der Waals surface area contributed by atoms with E-state index in [0.29, 0.717) is 17.7 Å². The summed E-state index contributed by atoms with van der Waals surface area (Å²) in [4.78, 5) is 12.0. The van der Waals surface area contributed by atoms with Gasteiger partial charge in [0, 0.05) is 6.42 Å². The van der Waals surface area contributed by atoms with E-state index in [1.165, 1.54) is 0 Å². The second-order valence-corrected chi connectivity index (χ2v) is 3.92. The van der Waals surface area contributed by atoms with Crippen molar-refractivity contribution in [3.8, 4) is 0 Å². The maximum Gasteiger partial charge on any atom is 0.170 e. The summed E-state index contributed by atoms with van der Waals surface area (Å²) in [6.07, 6.45) is 1.99. The van der Waals surface area contributed by atoms with Crippen LogP contribution in [0, 0.1) is 13.8 Å². The number of aryl methyl sites for hydroxylation is 2. The predicted molar refractivity (Wildman–Crippen MR) is 62.7 cm³/mol. The van der Waals surface area contributed by atoms with Crippen molar-refractivity contribution in [2.24, 2.45) is 0 Å². The summed E-state index contributed by atoms with van der Waals surface area (Å²) < 4.78 is 5.13. The first-order chi connectivity index (χ1) is 7.68. The third kappa shape index (κ3) is 2.06. The van der Waals surface area contributed by atoms with Crippen LogP contribution in [0.15, 0.2) is 41.0 Å². The lowest BCUT2D eigenvalue weighted by atomic mass is 10.00. The molecule has 0 bridgehead atoms. The molecule has 0 unspecified atom stereocenters. The Balaban J connectivity index is 2.21. The minimum Gasteiger partial charge on any atom is -0.469 e. The minimum absolute atomic E-state index is 0.112. The van der Waals surface area contributed by atoms with E-state index in [9.17, 15) is 4.79 Å². The Morgan fingerprint density at radius 1 is 1.19 bits per heavy atom. The summed E-state index contributed by atoms with van der Waals surface area (Å²) in [5.41, 5.74) is 2.91. The molecule has 0 aliphatic heterocycles. The molecule has 0 saturated carbocycles. The van der Waals surface area contributed by atoms with Crippen molar-refractivity contribution in [2.75, 3.05) is 0 Å². The number of benzene rings is 1. The van der Waals surface area contributed by atoms with E-state index in [-0.39, 0.29) is 5.78 Å². The Hall–Kier alpha value is -1.83. The number of ketones is 1. The molecule has 2 nitrogen and oxygen atoms in total. The summed E-state index contributed by atoms with van der Waals surface area (Å²) in [5, 5.41) is 0. The second kappa shape index (κ2) is 4.35. The summed E-state index contributed by atoms with van der Waals surface area (Å²) in [6.45, 7) is 3.83. The highest BCUT2D eigenvalue weighted by atomic mass is 16.3. The summed E-state index contributed by atoms with van der Waals surface area (Å²) in [7, 11) is 0. The van der Waals surface area contributed by atoms with Gasteiger partial charge in [0.2, 0.25) is 0 Å². The van der Waals surface area contributed by atoms with Crippen LogP contribution in [0.2, 0.25) is 0 Å². The SMILES string of the molecule is Cc1ccccc1CC(=O)c1ccoc1C. The molecule has 0 saturated heterocycles. The highest BCUT2D eigenvalue weighted by Gasteiger charge is 2.12. The summed E-state index contributed by atoms with van der Waals surface area (Å²) >= 11 is 0. The molecule has 0 spiro atoms. The van der Waals surface area contributed by atoms with E-state index in [1.807, 2.05) is 38.1 Å². The lowest BCUT2D eigenvalue weighted by molar-refractivity contribution is 0.0991. The molecule has 1 heterocycles. The molecule has 82 valence electrons. The van der Waals surface area contributed by atoms with Crippen LogP contribution < -0.4 is 0 Å². The largest absolute Gasteiger partial charge is 0.469 e. The van der Waals surface area contributed by atoms with Crippen LogP contribution in [0.4, 0.5) is 0 Å². The number of furan rings is 1. The highest BCUT2D eigenvalue weighted by molar-refractivity contribution is 5.98. The Morgan fingerprint density at radius 2 is 1.94 bits per heavy atom. The Kier molecular flexibility index (Phi) is 2.91. The summed E-state index contributed by atoms with van der Waals surface area (Å²) in [5.74, 6) is 0.805. The highest BCUT2D eigenvalue weighted by Crippen LogP contribution is 2.15. The third-order valence-electron chi connectivity index (χ3n) is 2.77. The summed E-state index contributed by atoms with van der Waals surface area (Å²) in [6, 6.07) is 9.67. The quantitative estimate of drug-likeness (QED) is 0.734. The molecule has 0 atom stereocenters. The van der Waals surface area contributed by atoms with E-state index in [2.05, 4.69) is 0 Å². The maximum atomic E-state index is 12.0. The predicted octanol–water partition coefficient (Wildman–Crippen LogP) is 3.32. The molecule has 0 aliphatic rings. The zero-order valence-corrected chi connectivity index (χ0v) is 9.49. The molecule has 1 aromatic heterocycles. The van der Waals surface area contributed by atoms with Gasteiger partial charge in [-0.25, -0.2) is 0 Å². The molecule has 16 heavy (non-hydrogen) atoms. The van der Waals surface area contributed by atoms with Gasteiger partial charge >= 0.3 is 0 Å². The molecule has 2 rings (SSSR count).